The number of nitrogens with zero attached hydrogens (tertiary/aromatic N) is 1. The van der Waals surface area contributed by atoms with Gasteiger partial charge < -0.3 is 14.6 Å². The predicted molar refractivity (Wildman–Crippen MR) is 88.5 cm³/mol. The molecule has 1 aromatic carbocycles. The summed E-state index contributed by atoms with van der Waals surface area (Å²) in [5.74, 6) is 1.51. The second kappa shape index (κ2) is 8.20. The van der Waals surface area contributed by atoms with Gasteiger partial charge in [-0.05, 0) is 49.9 Å². The van der Waals surface area contributed by atoms with Crippen LogP contribution in [0.2, 0.25) is 0 Å². The number of methoxy groups -OCH3 is 2. The van der Waals surface area contributed by atoms with E-state index in [1.54, 1.807) is 14.2 Å². The van der Waals surface area contributed by atoms with Gasteiger partial charge in [0.1, 0.15) is 0 Å². The van der Waals surface area contributed by atoms with E-state index >= 15 is 0 Å². The molecular weight excluding hydrogens is 278 g/mol. The lowest BCUT2D eigenvalue weighted by molar-refractivity contribution is 0.0996. The molecule has 22 heavy (non-hydrogen) atoms. The van der Waals surface area contributed by atoms with Crippen LogP contribution in [0.1, 0.15) is 37.3 Å². The van der Waals surface area contributed by atoms with Gasteiger partial charge in [0.25, 0.3) is 0 Å². The molecule has 4 heteroatoms. The van der Waals surface area contributed by atoms with Gasteiger partial charge in [-0.15, -0.1) is 6.58 Å². The first kappa shape index (κ1) is 16.8. The molecule has 2 unspecified atom stereocenters. The van der Waals surface area contributed by atoms with Crippen LogP contribution in [-0.4, -0.2) is 43.4 Å². The molecule has 0 saturated carbocycles. The third-order valence-corrected chi connectivity index (χ3v) is 4.31. The fourth-order valence-corrected chi connectivity index (χ4v) is 3.15. The second-order valence-corrected chi connectivity index (χ2v) is 5.79. The summed E-state index contributed by atoms with van der Waals surface area (Å²) in [5, 5.41) is 10.2. The predicted octanol–water partition coefficient (Wildman–Crippen LogP) is 3.17. The number of hydrogen-bond donors (Lipinski definition) is 1. The van der Waals surface area contributed by atoms with E-state index in [9.17, 15) is 5.11 Å². The van der Waals surface area contributed by atoms with Gasteiger partial charge in [0.2, 0.25) is 0 Å². The van der Waals surface area contributed by atoms with E-state index in [2.05, 4.69) is 23.6 Å². The van der Waals surface area contributed by atoms with Gasteiger partial charge >= 0.3 is 0 Å². The van der Waals surface area contributed by atoms with Crippen LogP contribution >= 0.6 is 0 Å². The Kier molecular flexibility index (Phi) is 6.28. The van der Waals surface area contributed by atoms with Crippen LogP contribution in [0.3, 0.4) is 0 Å². The summed E-state index contributed by atoms with van der Waals surface area (Å²) in [4.78, 5) is 2.37. The highest BCUT2D eigenvalue weighted by molar-refractivity contribution is 5.44. The Morgan fingerprint density at radius 1 is 1.36 bits per heavy atom. The molecule has 4 nitrogen and oxygen atoms in total. The molecule has 1 fully saturated rings. The molecule has 1 aromatic rings. The van der Waals surface area contributed by atoms with Crippen LogP contribution in [0, 0.1) is 0 Å². The smallest absolute Gasteiger partial charge is 0.161 e. The number of likely N-dealkylation sites (tertiary alicyclic amines) is 1. The Balaban J connectivity index is 2.08. The van der Waals surface area contributed by atoms with Gasteiger partial charge in [-0.3, -0.25) is 4.90 Å². The molecule has 0 amide bonds. The Hall–Kier alpha value is -1.52. The largest absolute Gasteiger partial charge is 0.493 e. The number of ether oxygens (including phenoxy) is 2. The zero-order valence-corrected chi connectivity index (χ0v) is 13.6. The first-order valence-corrected chi connectivity index (χ1v) is 7.94. The highest BCUT2D eigenvalue weighted by atomic mass is 16.5. The highest BCUT2D eigenvalue weighted by Gasteiger charge is 2.28. The Bertz CT molecular complexity index is 489. The van der Waals surface area contributed by atoms with E-state index in [0.717, 1.165) is 43.7 Å². The second-order valence-electron chi connectivity index (χ2n) is 5.79. The molecule has 0 spiro atoms. The van der Waals surface area contributed by atoms with Crippen LogP contribution in [0.5, 0.6) is 11.5 Å². The summed E-state index contributed by atoms with van der Waals surface area (Å²) >= 11 is 0. The van der Waals surface area contributed by atoms with E-state index in [-0.39, 0.29) is 6.10 Å². The molecule has 0 radical (unpaired) electrons. The van der Waals surface area contributed by atoms with Crippen molar-refractivity contribution >= 4 is 0 Å². The fourth-order valence-electron chi connectivity index (χ4n) is 3.15. The maximum absolute atomic E-state index is 10.2. The minimum Gasteiger partial charge on any atom is -0.493 e. The van der Waals surface area contributed by atoms with Crippen molar-refractivity contribution in [1.29, 1.82) is 0 Å². The summed E-state index contributed by atoms with van der Waals surface area (Å²) in [6, 6.07) is 6.45. The topological polar surface area (TPSA) is 41.9 Å². The molecule has 1 heterocycles. The van der Waals surface area contributed by atoms with E-state index in [1.807, 2.05) is 12.1 Å². The quantitative estimate of drug-likeness (QED) is 0.749. The molecule has 1 saturated heterocycles. The average Bonchev–Trinajstić information content (AvgIpc) is 3.00. The van der Waals surface area contributed by atoms with Crippen molar-refractivity contribution in [2.45, 2.75) is 37.8 Å². The van der Waals surface area contributed by atoms with Gasteiger partial charge in [0.15, 0.2) is 11.5 Å². The Morgan fingerprint density at radius 2 is 2.14 bits per heavy atom. The van der Waals surface area contributed by atoms with Crippen molar-refractivity contribution in [2.24, 2.45) is 0 Å². The molecule has 1 aliphatic rings. The van der Waals surface area contributed by atoms with Gasteiger partial charge in [0, 0.05) is 12.6 Å². The van der Waals surface area contributed by atoms with Crippen molar-refractivity contribution in [3.8, 4) is 11.5 Å². The van der Waals surface area contributed by atoms with Crippen LogP contribution < -0.4 is 9.47 Å². The SMILES string of the molecule is C=CCCC(O)CN1CCCC1c1ccc(OC)c(OC)c1. The number of hydrogen-bond acceptors (Lipinski definition) is 4. The van der Waals surface area contributed by atoms with Crippen molar-refractivity contribution in [2.75, 3.05) is 27.3 Å². The van der Waals surface area contributed by atoms with E-state index in [0.29, 0.717) is 12.6 Å². The molecule has 0 bridgehead atoms. The van der Waals surface area contributed by atoms with Crippen LogP contribution in [0.25, 0.3) is 0 Å². The van der Waals surface area contributed by atoms with E-state index in [1.165, 1.54) is 5.56 Å². The van der Waals surface area contributed by atoms with Crippen LogP contribution in [-0.2, 0) is 0 Å². The molecule has 2 rings (SSSR count). The summed E-state index contributed by atoms with van der Waals surface area (Å²) < 4.78 is 10.7. The third kappa shape index (κ3) is 4.02. The average molecular weight is 305 g/mol. The molecule has 122 valence electrons. The number of aliphatic hydroxyl groups is 1. The van der Waals surface area contributed by atoms with Crippen molar-refractivity contribution < 1.29 is 14.6 Å². The van der Waals surface area contributed by atoms with Gasteiger partial charge in [-0.25, -0.2) is 0 Å². The van der Waals surface area contributed by atoms with Crippen molar-refractivity contribution in [1.82, 2.24) is 4.90 Å². The summed E-state index contributed by atoms with van der Waals surface area (Å²) in [6.07, 6.45) is 5.48. The first-order chi connectivity index (χ1) is 10.7. The summed E-state index contributed by atoms with van der Waals surface area (Å²) in [6.45, 7) is 5.46. The maximum atomic E-state index is 10.2. The van der Waals surface area contributed by atoms with Crippen LogP contribution in [0.4, 0.5) is 0 Å². The number of aliphatic hydroxyl groups excluding tert-OH is 1. The lowest BCUT2D eigenvalue weighted by atomic mass is 10.0. The monoisotopic (exact) mass is 305 g/mol. The van der Waals surface area contributed by atoms with Crippen molar-refractivity contribution in [3.63, 3.8) is 0 Å². The van der Waals surface area contributed by atoms with Gasteiger partial charge in [-0.2, -0.15) is 0 Å². The highest BCUT2D eigenvalue weighted by Crippen LogP contribution is 2.36. The van der Waals surface area contributed by atoms with Gasteiger partial charge in [0.05, 0.1) is 20.3 Å². The molecule has 1 N–H and O–H groups in total. The summed E-state index contributed by atoms with van der Waals surface area (Å²) in [7, 11) is 3.31. The lowest BCUT2D eigenvalue weighted by Gasteiger charge is -2.27. The molecule has 2 atom stereocenters. The third-order valence-electron chi connectivity index (χ3n) is 4.31. The van der Waals surface area contributed by atoms with Crippen LogP contribution in [0.15, 0.2) is 30.9 Å². The molecule has 0 aromatic heterocycles. The number of rotatable bonds is 8. The lowest BCUT2D eigenvalue weighted by Crippen LogP contribution is -2.32. The summed E-state index contributed by atoms with van der Waals surface area (Å²) in [5.41, 5.74) is 1.23. The molecular formula is C18H27NO3. The minimum atomic E-state index is -0.293. The zero-order valence-electron chi connectivity index (χ0n) is 13.6. The fraction of sp³-hybridized carbons (Fsp3) is 0.556. The van der Waals surface area contributed by atoms with Crippen molar-refractivity contribution in [3.05, 3.63) is 36.4 Å². The first-order valence-electron chi connectivity index (χ1n) is 7.94. The van der Waals surface area contributed by atoms with E-state index in [4.69, 9.17) is 9.47 Å². The Labute approximate surface area is 133 Å². The zero-order chi connectivity index (χ0) is 15.9. The van der Waals surface area contributed by atoms with Gasteiger partial charge in [-0.1, -0.05) is 12.1 Å². The number of allylic oxidation sites excluding steroid dienone is 1. The Morgan fingerprint density at radius 3 is 2.82 bits per heavy atom. The minimum absolute atomic E-state index is 0.293. The molecule has 0 aliphatic carbocycles. The standard InChI is InChI=1S/C18H27NO3/c1-4-5-7-15(20)13-19-11-6-8-16(19)14-9-10-17(21-2)18(12-14)22-3/h4,9-10,12,15-16,20H,1,5-8,11,13H2,2-3H3. The number of β-amino-alcohol motifs (C(OH)–C–C–N with tert-alkyl or cyclic N) is 1. The normalized spacial score (nSPS) is 19.9. The molecule has 1 aliphatic heterocycles. The number of benzene rings is 1. The maximum Gasteiger partial charge on any atom is 0.161 e. The van der Waals surface area contributed by atoms with E-state index < -0.39 is 0 Å².